The summed E-state index contributed by atoms with van der Waals surface area (Å²) in [6, 6.07) is 57.9. The molecule has 0 fully saturated rings. The smallest absolute Gasteiger partial charge is 0.478 e. The summed E-state index contributed by atoms with van der Waals surface area (Å²) in [5, 5.41) is 44.9. The van der Waals surface area contributed by atoms with Crippen LogP contribution in [0.15, 0.2) is 245 Å². The first-order valence-corrected chi connectivity index (χ1v) is 47.9. The molecule has 730 valence electrons. The van der Waals surface area contributed by atoms with Gasteiger partial charge in [0.1, 0.15) is 11.4 Å². The van der Waals surface area contributed by atoms with Crippen LogP contribution in [-0.2, 0) is 76.0 Å². The summed E-state index contributed by atoms with van der Waals surface area (Å²) < 4.78 is 116. The Hall–Kier alpha value is -16.0. The first-order valence-electron chi connectivity index (χ1n) is 42.8. The number of alkyl halides is 6. The number of thiophene rings is 2. The molecule has 144 heavy (non-hydrogen) atoms. The summed E-state index contributed by atoms with van der Waals surface area (Å²) in [7, 11) is -4.31. The number of carbonyl (C=O) groups excluding carboxylic acids is 7. The first-order chi connectivity index (χ1) is 68.3. The number of carbonyl (C=O) groups is 11. The predicted molar refractivity (Wildman–Crippen MR) is 527 cm³/mol. The number of hydrogen-bond acceptors (Lipinski definition) is 18. The van der Waals surface area contributed by atoms with Crippen LogP contribution in [0, 0.1) is 13.8 Å². The quantitative estimate of drug-likeness (QED) is 0.0323. The van der Waals surface area contributed by atoms with Gasteiger partial charge < -0.3 is 48.4 Å². The zero-order chi connectivity index (χ0) is 103. The van der Waals surface area contributed by atoms with Crippen molar-refractivity contribution in [2.24, 2.45) is 0 Å². The normalized spacial score (nSPS) is 13.2. The number of aromatic nitrogens is 6. The van der Waals surface area contributed by atoms with Crippen LogP contribution in [0.1, 0.15) is 138 Å². The molecule has 6 N–H and O–H groups in total. The number of H-pyrrole nitrogens is 1. The van der Waals surface area contributed by atoms with Crippen molar-refractivity contribution < 1.29 is 113 Å². The zero-order valence-corrected chi connectivity index (χ0v) is 79.8. The number of ether oxygens (including phenoxy) is 1. The highest BCUT2D eigenvalue weighted by Crippen LogP contribution is 2.46. The molecule has 0 unspecified atom stereocenters. The van der Waals surface area contributed by atoms with Gasteiger partial charge in [0.05, 0.1) is 97.9 Å². The number of sulfonamides is 1. The highest BCUT2D eigenvalue weighted by atomic mass is 35.5. The highest BCUT2D eigenvalue weighted by molar-refractivity contribution is 7.89. The van der Waals surface area contributed by atoms with Crippen LogP contribution in [0.25, 0.3) is 60.2 Å². The third kappa shape index (κ3) is 19.5. The molecule has 3 aliphatic heterocycles. The van der Waals surface area contributed by atoms with Crippen molar-refractivity contribution in [3.05, 3.63) is 375 Å². The van der Waals surface area contributed by atoms with Gasteiger partial charge in [-0.3, -0.25) is 38.4 Å². The molecular formula is C101H68Cl4F6N10O20S3. The molecule has 3 aliphatic rings. The molecule has 7 amide bonds. The number of halogens is 10. The molecule has 0 atom stereocenters. The Morgan fingerprint density at radius 1 is 0.444 bits per heavy atom. The standard InChI is InChI=1S/C26H17ClN2O6.C25H16Cl2N2O4.C25H19ClN2O4S.C25H16F6N4O6S2/c27-17-7-9-20-19(12-17)22(23(26(34)35)28(20)13-14-4-2-1-3-5-14)29-21(30)11-16-10-15(25(32)33)6-8-18(16)24(29)31;26-16-6-8-18-15(10-16)11-21(30)29(24(18)31)22-19-12-17(27)7-9-20(19)28(23(22)25(32)33)13-14-4-2-1-3-5-14;1-13-14(2)33-19-11-20(29)28(24(30)21(13)19)22-17-10-16(26)8-9-18(17)27(23(22)25(31)32)12-15-6-4-3-5-7-15;1-43(39,40)33-21(36)20-19(35-22(37)16-10-42-11-17(16)32-23(35)38)15-8-13(24(26,27)28)5-6-18(15)34(20)9-12-3-2-4-14(7-12)41-25(29,30)31/h1-10,12H,11,13H2,(H,32,33)(H,34,35);1-10,12H,11,13H2,(H,32,33);3-10H,11-12H2,1-2H3,(H,31,32);2-8,10-11H,9H2,1H3,(H,32,38)(H,33,36). The number of nitrogens with one attached hydrogen (secondary N) is 2. The van der Waals surface area contributed by atoms with Gasteiger partial charge in [-0.15, -0.1) is 35.8 Å². The molecule has 10 aromatic carbocycles. The second-order valence-electron chi connectivity index (χ2n) is 33.1. The van der Waals surface area contributed by atoms with Crippen molar-refractivity contribution in [3.63, 3.8) is 0 Å². The molecule has 0 aliphatic carbocycles. The molecule has 10 heterocycles. The van der Waals surface area contributed by atoms with E-state index in [0.29, 0.717) is 92.4 Å². The van der Waals surface area contributed by atoms with Crippen LogP contribution in [0.2, 0.25) is 20.1 Å². The Bertz CT molecular complexity index is 8610. The summed E-state index contributed by atoms with van der Waals surface area (Å²) in [6.07, 6.45) is -9.64. The number of hydrogen-bond donors (Lipinski definition) is 6. The van der Waals surface area contributed by atoms with E-state index >= 15 is 0 Å². The maximum absolute atomic E-state index is 13.8. The number of rotatable bonds is 19. The molecule has 30 nitrogen and oxygen atoms in total. The van der Waals surface area contributed by atoms with Gasteiger partial charge in [-0.25, -0.2) is 56.4 Å². The van der Waals surface area contributed by atoms with E-state index in [-0.39, 0.29) is 112 Å². The van der Waals surface area contributed by atoms with E-state index in [4.69, 9.17) is 46.4 Å². The molecule has 0 radical (unpaired) electrons. The minimum Gasteiger partial charge on any atom is -0.478 e. The Balaban J connectivity index is 0.000000132. The fourth-order valence-corrected chi connectivity index (χ4v) is 20.8. The van der Waals surface area contributed by atoms with Crippen LogP contribution in [0.3, 0.4) is 0 Å². The number of carboxylic acid groups (broad SMARTS) is 4. The van der Waals surface area contributed by atoms with Gasteiger partial charge in [0.25, 0.3) is 29.2 Å². The Morgan fingerprint density at radius 3 is 1.31 bits per heavy atom. The number of nitrogens with zero attached hydrogens (tertiary/aromatic N) is 8. The van der Waals surface area contributed by atoms with Gasteiger partial charge in [-0.2, -0.15) is 13.2 Å². The van der Waals surface area contributed by atoms with Crippen LogP contribution in [-0.4, -0.2) is 135 Å². The average molecular weight is 2090 g/mol. The highest BCUT2D eigenvalue weighted by Gasteiger charge is 2.45. The molecule has 43 heteroatoms. The van der Waals surface area contributed by atoms with Gasteiger partial charge in [0, 0.05) is 99.5 Å². The van der Waals surface area contributed by atoms with E-state index in [1.807, 2.05) is 105 Å². The number of aryl methyl sites for hydroxylation is 1. The molecule has 0 bridgehead atoms. The van der Waals surface area contributed by atoms with Gasteiger partial charge in [0.2, 0.25) is 27.7 Å². The Labute approximate surface area is 835 Å². The lowest BCUT2D eigenvalue weighted by atomic mass is 9.95. The molecule has 0 saturated heterocycles. The van der Waals surface area contributed by atoms with Crippen molar-refractivity contribution in [3.8, 4) is 11.4 Å². The van der Waals surface area contributed by atoms with E-state index in [0.717, 1.165) is 80.8 Å². The summed E-state index contributed by atoms with van der Waals surface area (Å²) in [5.74, 6) is -10.5. The zero-order valence-electron chi connectivity index (χ0n) is 74.4. The maximum atomic E-state index is 13.8. The van der Waals surface area contributed by atoms with Crippen LogP contribution in [0.5, 0.6) is 5.75 Å². The summed E-state index contributed by atoms with van der Waals surface area (Å²) in [6.45, 7) is 3.92. The maximum Gasteiger partial charge on any atom is 0.573 e. The van der Waals surface area contributed by atoms with E-state index in [1.54, 1.807) is 85.2 Å². The van der Waals surface area contributed by atoms with Crippen LogP contribution < -0.4 is 35.4 Å². The average Bonchev–Trinajstić information content (AvgIpc) is 1.58. The van der Waals surface area contributed by atoms with Gasteiger partial charge in [0.15, 0.2) is 17.1 Å². The van der Waals surface area contributed by atoms with Crippen molar-refractivity contribution >= 4 is 216 Å². The lowest BCUT2D eigenvalue weighted by Gasteiger charge is -2.27. The SMILES string of the molecule is CS(=O)(=O)NC(=O)c1c(-n2c(=O)[nH]c3cscc3c2=O)c2cc(C(F)(F)F)ccc2n1Cc1cccc(OC(F)(F)F)c1.Cc1sc2c(c1C)C(=O)N(c1c(C(=O)O)n(Cc3ccccc3)c3ccc(Cl)cc13)C(=O)C2.O=C(O)c1c(N2C(=O)Cc3cc(Cl)ccc3C2=O)c2cc(Cl)ccc2n1Cc1ccccc1.O=C(O)c1ccc2c(c1)CC(=O)N(c1c(C(=O)O)n(Cc3ccccc3)c3ccc(Cl)cc13)C2=O. The monoisotopic (exact) mass is 2090 g/mol. The second-order valence-corrected chi connectivity index (χ2v) is 38.6. The van der Waals surface area contributed by atoms with Crippen molar-refractivity contribution in [1.82, 2.24) is 32.5 Å². The third-order valence-corrected chi connectivity index (χ3v) is 27.3. The number of amides is 7. The number of benzene rings is 10. The van der Waals surface area contributed by atoms with Gasteiger partial charge in [-0.1, -0.05) is 150 Å². The molecule has 20 rings (SSSR count). The number of aromatic carboxylic acids is 4. The summed E-state index contributed by atoms with van der Waals surface area (Å²) in [4.78, 5) is 176. The number of aromatic amines is 1. The molecule has 7 aromatic heterocycles. The molecule has 0 saturated carbocycles. The van der Waals surface area contributed by atoms with Gasteiger partial charge >= 0.3 is 42.1 Å². The Morgan fingerprint density at radius 2 is 0.854 bits per heavy atom. The summed E-state index contributed by atoms with van der Waals surface area (Å²) >= 11 is 27.2. The Kier molecular flexibility index (Phi) is 27.0. The van der Waals surface area contributed by atoms with Gasteiger partial charge in [-0.05, 0) is 174 Å². The van der Waals surface area contributed by atoms with Crippen molar-refractivity contribution in [1.29, 1.82) is 0 Å². The topological polar surface area (TPSA) is 408 Å². The lowest BCUT2D eigenvalue weighted by Crippen LogP contribution is -2.43. The minimum absolute atomic E-state index is 0.0199. The second kappa shape index (κ2) is 39.1. The predicted octanol–water partition coefficient (Wildman–Crippen LogP) is 19.7. The van der Waals surface area contributed by atoms with E-state index in [2.05, 4.69) is 9.72 Å². The van der Waals surface area contributed by atoms with E-state index in [1.165, 1.54) is 58.5 Å². The van der Waals surface area contributed by atoms with Crippen LogP contribution >= 0.6 is 69.1 Å². The van der Waals surface area contributed by atoms with E-state index in [9.17, 15) is 118 Å². The molecule has 17 aromatic rings. The molecule has 0 spiro atoms. The summed E-state index contributed by atoms with van der Waals surface area (Å²) in [5.41, 5.74) is 1.40. The number of carboxylic acids is 4. The van der Waals surface area contributed by atoms with Crippen molar-refractivity contribution in [2.75, 3.05) is 21.0 Å². The number of anilines is 3. The largest absolute Gasteiger partial charge is 0.573 e. The lowest BCUT2D eigenvalue weighted by molar-refractivity contribution is -0.274. The first kappa shape index (κ1) is 99.5. The third-order valence-electron chi connectivity index (χ3n) is 23.8. The fourth-order valence-electron chi connectivity index (χ4n) is 17.7. The fraction of sp³-hybridized carbons (Fsp3) is 0.119. The number of imide groups is 3. The number of fused-ring (bicyclic) bond motifs is 8. The minimum atomic E-state index is -5.05. The van der Waals surface area contributed by atoms with Crippen LogP contribution in [0.4, 0.5) is 43.4 Å². The van der Waals surface area contributed by atoms with Crippen molar-refractivity contribution in [2.45, 2.75) is 71.8 Å². The molecular weight excluding hydrogens is 2030 g/mol. The van der Waals surface area contributed by atoms with E-state index < -0.39 is 134 Å².